The first-order chi connectivity index (χ1) is 7.81. The number of benzene rings is 1. The molecule has 2 aromatic rings. The van der Waals surface area contributed by atoms with Gasteiger partial charge in [-0.3, -0.25) is 0 Å². The molecule has 0 unspecified atom stereocenters. The van der Waals surface area contributed by atoms with E-state index in [1.807, 2.05) is 6.92 Å². The zero-order chi connectivity index (χ0) is 11.4. The number of halogens is 1. The molecule has 0 aliphatic carbocycles. The normalized spacial score (nSPS) is 10.6. The third-order valence-electron chi connectivity index (χ3n) is 2.11. The number of rotatable bonds is 4. The minimum absolute atomic E-state index is 0.214. The molecule has 5 heteroatoms. The van der Waals surface area contributed by atoms with E-state index in [4.69, 9.17) is 4.52 Å². The van der Waals surface area contributed by atoms with Crippen molar-refractivity contribution in [2.75, 3.05) is 6.54 Å². The Hall–Kier alpha value is -1.75. The molecule has 0 aliphatic heterocycles. The molecular weight excluding hydrogens is 209 g/mol. The van der Waals surface area contributed by atoms with E-state index in [1.165, 1.54) is 6.07 Å². The minimum Gasteiger partial charge on any atom is -0.334 e. The first kappa shape index (κ1) is 10.8. The van der Waals surface area contributed by atoms with E-state index in [0.29, 0.717) is 17.9 Å². The van der Waals surface area contributed by atoms with Crippen molar-refractivity contribution in [1.29, 1.82) is 0 Å². The first-order valence-corrected chi connectivity index (χ1v) is 5.09. The number of nitrogens with zero attached hydrogens (tertiary/aromatic N) is 2. The second kappa shape index (κ2) is 4.85. The fourth-order valence-corrected chi connectivity index (χ4v) is 1.31. The summed E-state index contributed by atoms with van der Waals surface area (Å²) in [5.41, 5.74) is 0.331. The molecule has 0 bridgehead atoms. The van der Waals surface area contributed by atoms with Crippen LogP contribution >= 0.6 is 0 Å². The minimum atomic E-state index is -0.360. The highest BCUT2D eigenvalue weighted by molar-refractivity contribution is 5.53. The van der Waals surface area contributed by atoms with E-state index < -0.39 is 0 Å². The van der Waals surface area contributed by atoms with Crippen LogP contribution in [-0.2, 0) is 6.54 Å². The van der Waals surface area contributed by atoms with Gasteiger partial charge in [-0.2, -0.15) is 4.98 Å². The Labute approximate surface area is 92.5 Å². The summed E-state index contributed by atoms with van der Waals surface area (Å²) in [7, 11) is 0. The van der Waals surface area contributed by atoms with Crippen LogP contribution in [0.5, 0.6) is 0 Å². The van der Waals surface area contributed by atoms with Gasteiger partial charge in [0.05, 0.1) is 12.1 Å². The number of aromatic nitrogens is 2. The van der Waals surface area contributed by atoms with Gasteiger partial charge in [0.1, 0.15) is 5.82 Å². The molecule has 0 fully saturated rings. The van der Waals surface area contributed by atoms with Crippen LogP contribution in [0.3, 0.4) is 0 Å². The fourth-order valence-electron chi connectivity index (χ4n) is 1.31. The SMILES string of the molecule is CCNCc1noc(-c2ccccc2F)n1. The summed E-state index contributed by atoms with van der Waals surface area (Å²) in [6, 6.07) is 6.32. The standard InChI is InChI=1S/C11H12FN3O/c1-2-13-7-10-14-11(16-15-10)8-5-3-4-6-9(8)12/h3-6,13H,2,7H2,1H3. The van der Waals surface area contributed by atoms with Crippen molar-refractivity contribution in [2.24, 2.45) is 0 Å². The molecule has 0 amide bonds. The van der Waals surface area contributed by atoms with E-state index in [2.05, 4.69) is 15.5 Å². The molecule has 0 saturated carbocycles. The van der Waals surface area contributed by atoms with Gasteiger partial charge in [-0.15, -0.1) is 0 Å². The second-order valence-electron chi connectivity index (χ2n) is 3.28. The van der Waals surface area contributed by atoms with Crippen LogP contribution in [0.4, 0.5) is 4.39 Å². The van der Waals surface area contributed by atoms with E-state index >= 15 is 0 Å². The Morgan fingerprint density at radius 1 is 1.38 bits per heavy atom. The predicted molar refractivity (Wildman–Crippen MR) is 57.1 cm³/mol. The highest BCUT2D eigenvalue weighted by atomic mass is 19.1. The van der Waals surface area contributed by atoms with Gasteiger partial charge in [0.15, 0.2) is 5.82 Å². The number of nitrogens with one attached hydrogen (secondary N) is 1. The van der Waals surface area contributed by atoms with Crippen LogP contribution in [0.25, 0.3) is 11.5 Å². The average Bonchev–Trinajstić information content (AvgIpc) is 2.75. The highest BCUT2D eigenvalue weighted by Crippen LogP contribution is 2.20. The summed E-state index contributed by atoms with van der Waals surface area (Å²) in [5.74, 6) is 0.382. The molecule has 0 radical (unpaired) electrons. The molecular formula is C11H12FN3O. The van der Waals surface area contributed by atoms with Crippen LogP contribution in [0.15, 0.2) is 28.8 Å². The van der Waals surface area contributed by atoms with Gasteiger partial charge in [-0.05, 0) is 18.7 Å². The van der Waals surface area contributed by atoms with Gasteiger partial charge in [0, 0.05) is 0 Å². The molecule has 0 aliphatic rings. The summed E-state index contributed by atoms with van der Waals surface area (Å²) in [5, 5.41) is 6.82. The lowest BCUT2D eigenvalue weighted by Gasteiger charge is -1.95. The summed E-state index contributed by atoms with van der Waals surface area (Å²) in [6.07, 6.45) is 0. The van der Waals surface area contributed by atoms with Crippen LogP contribution in [-0.4, -0.2) is 16.7 Å². The Morgan fingerprint density at radius 2 is 2.19 bits per heavy atom. The average molecular weight is 221 g/mol. The van der Waals surface area contributed by atoms with Gasteiger partial charge in [0.25, 0.3) is 5.89 Å². The van der Waals surface area contributed by atoms with Crippen molar-refractivity contribution < 1.29 is 8.91 Å². The molecule has 1 heterocycles. The maximum absolute atomic E-state index is 13.4. The van der Waals surface area contributed by atoms with Gasteiger partial charge >= 0.3 is 0 Å². The summed E-state index contributed by atoms with van der Waals surface area (Å²) in [6.45, 7) is 3.33. The smallest absolute Gasteiger partial charge is 0.260 e. The summed E-state index contributed by atoms with van der Waals surface area (Å²) >= 11 is 0. The maximum Gasteiger partial charge on any atom is 0.260 e. The molecule has 2 rings (SSSR count). The fraction of sp³-hybridized carbons (Fsp3) is 0.273. The zero-order valence-electron chi connectivity index (χ0n) is 8.90. The van der Waals surface area contributed by atoms with Crippen molar-refractivity contribution in [2.45, 2.75) is 13.5 Å². The van der Waals surface area contributed by atoms with Gasteiger partial charge in [-0.1, -0.05) is 24.2 Å². The Bertz CT molecular complexity index is 470. The lowest BCUT2D eigenvalue weighted by molar-refractivity contribution is 0.417. The van der Waals surface area contributed by atoms with E-state index in [-0.39, 0.29) is 11.7 Å². The van der Waals surface area contributed by atoms with E-state index in [1.54, 1.807) is 18.2 Å². The number of hydrogen-bond acceptors (Lipinski definition) is 4. The van der Waals surface area contributed by atoms with Crippen LogP contribution in [0.1, 0.15) is 12.7 Å². The van der Waals surface area contributed by atoms with Gasteiger partial charge in [0.2, 0.25) is 0 Å². The maximum atomic E-state index is 13.4. The van der Waals surface area contributed by atoms with Gasteiger partial charge in [-0.25, -0.2) is 4.39 Å². The lowest BCUT2D eigenvalue weighted by atomic mass is 10.2. The summed E-state index contributed by atoms with van der Waals surface area (Å²) in [4.78, 5) is 4.10. The molecule has 84 valence electrons. The third-order valence-corrected chi connectivity index (χ3v) is 2.11. The Balaban J connectivity index is 2.22. The molecule has 0 saturated heterocycles. The van der Waals surface area contributed by atoms with Crippen molar-refractivity contribution in [3.05, 3.63) is 35.9 Å². The topological polar surface area (TPSA) is 51.0 Å². The van der Waals surface area contributed by atoms with Crippen molar-refractivity contribution >= 4 is 0 Å². The van der Waals surface area contributed by atoms with E-state index in [0.717, 1.165) is 6.54 Å². The van der Waals surface area contributed by atoms with Crippen LogP contribution in [0, 0.1) is 5.82 Å². The third kappa shape index (κ3) is 2.25. The molecule has 0 atom stereocenters. The molecule has 1 N–H and O–H groups in total. The molecule has 4 nitrogen and oxygen atoms in total. The summed E-state index contributed by atoms with van der Waals surface area (Å²) < 4.78 is 18.4. The number of hydrogen-bond donors (Lipinski definition) is 1. The second-order valence-corrected chi connectivity index (χ2v) is 3.28. The lowest BCUT2D eigenvalue weighted by Crippen LogP contribution is -2.12. The molecule has 16 heavy (non-hydrogen) atoms. The molecule has 1 aromatic heterocycles. The first-order valence-electron chi connectivity index (χ1n) is 5.09. The monoisotopic (exact) mass is 221 g/mol. The van der Waals surface area contributed by atoms with Crippen molar-refractivity contribution in [1.82, 2.24) is 15.5 Å². The zero-order valence-corrected chi connectivity index (χ0v) is 8.90. The van der Waals surface area contributed by atoms with Crippen molar-refractivity contribution in [3.8, 4) is 11.5 Å². The van der Waals surface area contributed by atoms with E-state index in [9.17, 15) is 4.39 Å². The quantitative estimate of drug-likeness (QED) is 0.857. The Morgan fingerprint density at radius 3 is 2.94 bits per heavy atom. The molecule has 0 spiro atoms. The largest absolute Gasteiger partial charge is 0.334 e. The molecule has 1 aromatic carbocycles. The van der Waals surface area contributed by atoms with Gasteiger partial charge < -0.3 is 9.84 Å². The Kier molecular flexibility index (Phi) is 3.26. The predicted octanol–water partition coefficient (Wildman–Crippen LogP) is 1.99. The van der Waals surface area contributed by atoms with Crippen molar-refractivity contribution in [3.63, 3.8) is 0 Å². The van der Waals surface area contributed by atoms with Crippen LogP contribution in [0.2, 0.25) is 0 Å². The highest BCUT2D eigenvalue weighted by Gasteiger charge is 2.11. The van der Waals surface area contributed by atoms with Crippen LogP contribution < -0.4 is 5.32 Å².